The van der Waals surface area contributed by atoms with Gasteiger partial charge >= 0.3 is 0 Å². The van der Waals surface area contributed by atoms with Gasteiger partial charge in [-0.15, -0.1) is 0 Å². The molecule has 1 aromatic heterocycles. The van der Waals surface area contributed by atoms with Gasteiger partial charge in [0, 0.05) is 31.4 Å². The molecule has 100 valence electrons. The van der Waals surface area contributed by atoms with Gasteiger partial charge in [0.1, 0.15) is 5.82 Å². The van der Waals surface area contributed by atoms with Crippen LogP contribution in [0.3, 0.4) is 0 Å². The van der Waals surface area contributed by atoms with E-state index in [1.165, 1.54) is 36.1 Å². The Morgan fingerprint density at radius 1 is 1.44 bits per heavy atom. The highest BCUT2D eigenvalue weighted by Crippen LogP contribution is 2.27. The number of aryl methyl sites for hydroxylation is 2. The van der Waals surface area contributed by atoms with E-state index in [0.717, 1.165) is 18.8 Å². The van der Waals surface area contributed by atoms with Crippen LogP contribution in [-0.2, 0) is 19.4 Å². The van der Waals surface area contributed by atoms with Gasteiger partial charge in [-0.25, -0.2) is 4.98 Å². The Morgan fingerprint density at radius 3 is 2.89 bits per heavy atom. The van der Waals surface area contributed by atoms with Gasteiger partial charge < -0.3 is 10.6 Å². The molecule has 3 nitrogen and oxygen atoms in total. The number of rotatable bonds is 5. The van der Waals surface area contributed by atoms with Crippen LogP contribution in [0.5, 0.6) is 0 Å². The van der Waals surface area contributed by atoms with Crippen LogP contribution in [0.4, 0.5) is 5.82 Å². The third-order valence-corrected chi connectivity index (χ3v) is 3.97. The van der Waals surface area contributed by atoms with Crippen molar-refractivity contribution in [3.8, 4) is 0 Å². The summed E-state index contributed by atoms with van der Waals surface area (Å²) < 4.78 is 0. The average molecular weight is 247 g/mol. The Balaban J connectivity index is 2.25. The van der Waals surface area contributed by atoms with Crippen LogP contribution in [0.25, 0.3) is 0 Å². The lowest BCUT2D eigenvalue weighted by atomic mass is 10.1. The largest absolute Gasteiger partial charge is 0.359 e. The molecule has 1 atom stereocenters. The summed E-state index contributed by atoms with van der Waals surface area (Å²) in [5, 5.41) is 0. The fourth-order valence-corrected chi connectivity index (χ4v) is 2.67. The molecule has 0 spiro atoms. The second-order valence-electron chi connectivity index (χ2n) is 5.53. The maximum absolute atomic E-state index is 5.88. The van der Waals surface area contributed by atoms with E-state index in [4.69, 9.17) is 10.7 Å². The van der Waals surface area contributed by atoms with Crippen molar-refractivity contribution in [3.63, 3.8) is 0 Å². The third-order valence-electron chi connectivity index (χ3n) is 3.97. The summed E-state index contributed by atoms with van der Waals surface area (Å²) in [5.74, 6) is 1.79. The number of hydrogen-bond donors (Lipinski definition) is 1. The number of nitrogens with two attached hydrogens (primary N) is 1. The molecule has 3 heteroatoms. The van der Waals surface area contributed by atoms with Crippen LogP contribution >= 0.6 is 0 Å². The molecule has 2 N–H and O–H groups in total. The minimum atomic E-state index is 0.584. The molecule has 0 fully saturated rings. The molecular formula is C15H25N3. The molecule has 18 heavy (non-hydrogen) atoms. The maximum atomic E-state index is 5.88. The SMILES string of the molecule is CCC(C)CN(C)c1nc2c(cc1CN)CCC2. The monoisotopic (exact) mass is 247 g/mol. The molecule has 2 rings (SSSR count). The molecule has 0 aliphatic heterocycles. The number of pyridine rings is 1. The fourth-order valence-electron chi connectivity index (χ4n) is 2.67. The minimum absolute atomic E-state index is 0.584. The van der Waals surface area contributed by atoms with E-state index >= 15 is 0 Å². The number of aromatic nitrogens is 1. The van der Waals surface area contributed by atoms with Crippen LogP contribution in [0, 0.1) is 5.92 Å². The number of hydrogen-bond acceptors (Lipinski definition) is 3. The molecule has 1 unspecified atom stereocenters. The van der Waals surface area contributed by atoms with Crippen molar-refractivity contribution >= 4 is 5.82 Å². The van der Waals surface area contributed by atoms with Crippen molar-refractivity contribution in [3.05, 3.63) is 22.9 Å². The van der Waals surface area contributed by atoms with Crippen LogP contribution in [0.2, 0.25) is 0 Å². The van der Waals surface area contributed by atoms with Gasteiger partial charge in [0.05, 0.1) is 0 Å². The Bertz CT molecular complexity index is 414. The molecule has 0 saturated carbocycles. The van der Waals surface area contributed by atoms with Crippen LogP contribution in [0.1, 0.15) is 43.5 Å². The summed E-state index contributed by atoms with van der Waals surface area (Å²) in [4.78, 5) is 7.13. The Hall–Kier alpha value is -1.09. The van der Waals surface area contributed by atoms with Crippen molar-refractivity contribution in [2.45, 2.75) is 46.1 Å². The molecule has 0 amide bonds. The van der Waals surface area contributed by atoms with E-state index in [-0.39, 0.29) is 0 Å². The normalized spacial score (nSPS) is 15.6. The molecule has 1 heterocycles. The topological polar surface area (TPSA) is 42.2 Å². The van der Waals surface area contributed by atoms with Gasteiger partial charge in [0.2, 0.25) is 0 Å². The van der Waals surface area contributed by atoms with Gasteiger partial charge in [-0.3, -0.25) is 0 Å². The van der Waals surface area contributed by atoms with E-state index in [2.05, 4.69) is 31.9 Å². The molecule has 0 saturated heterocycles. The highest BCUT2D eigenvalue weighted by atomic mass is 15.2. The lowest BCUT2D eigenvalue weighted by molar-refractivity contribution is 0.556. The summed E-state index contributed by atoms with van der Waals surface area (Å²) in [6.07, 6.45) is 4.74. The lowest BCUT2D eigenvalue weighted by Crippen LogP contribution is -2.26. The number of nitrogens with zero attached hydrogens (tertiary/aromatic N) is 2. The zero-order chi connectivity index (χ0) is 13.1. The first-order valence-corrected chi connectivity index (χ1v) is 7.08. The van der Waals surface area contributed by atoms with Gasteiger partial charge in [-0.1, -0.05) is 20.3 Å². The van der Waals surface area contributed by atoms with Crippen LogP contribution in [0.15, 0.2) is 6.07 Å². The number of fused-ring (bicyclic) bond motifs is 1. The van der Waals surface area contributed by atoms with E-state index in [1.54, 1.807) is 0 Å². The first-order chi connectivity index (χ1) is 8.65. The number of anilines is 1. The lowest BCUT2D eigenvalue weighted by Gasteiger charge is -2.24. The van der Waals surface area contributed by atoms with Crippen molar-refractivity contribution in [2.75, 3.05) is 18.5 Å². The fraction of sp³-hybridized carbons (Fsp3) is 0.667. The highest BCUT2D eigenvalue weighted by molar-refractivity contribution is 5.50. The molecule has 1 aliphatic rings. The highest BCUT2D eigenvalue weighted by Gasteiger charge is 2.18. The second-order valence-corrected chi connectivity index (χ2v) is 5.53. The van der Waals surface area contributed by atoms with Gasteiger partial charge in [-0.2, -0.15) is 0 Å². The summed E-state index contributed by atoms with van der Waals surface area (Å²) >= 11 is 0. The molecule has 1 aliphatic carbocycles. The van der Waals surface area contributed by atoms with Crippen molar-refractivity contribution in [1.82, 2.24) is 4.98 Å². The molecule has 0 radical (unpaired) electrons. The van der Waals surface area contributed by atoms with Crippen LogP contribution in [-0.4, -0.2) is 18.6 Å². The first kappa shape index (κ1) is 13.3. The minimum Gasteiger partial charge on any atom is -0.359 e. The molecule has 0 aromatic carbocycles. The van der Waals surface area contributed by atoms with E-state index < -0.39 is 0 Å². The Morgan fingerprint density at radius 2 is 2.22 bits per heavy atom. The average Bonchev–Trinajstić information content (AvgIpc) is 2.83. The van der Waals surface area contributed by atoms with Crippen molar-refractivity contribution < 1.29 is 0 Å². The summed E-state index contributed by atoms with van der Waals surface area (Å²) in [5.41, 5.74) is 9.78. The summed E-state index contributed by atoms with van der Waals surface area (Å²) in [6.45, 7) is 6.15. The first-order valence-electron chi connectivity index (χ1n) is 7.08. The Kier molecular flexibility index (Phi) is 4.23. The van der Waals surface area contributed by atoms with Gasteiger partial charge in [0.25, 0.3) is 0 Å². The smallest absolute Gasteiger partial charge is 0.133 e. The molecular weight excluding hydrogens is 222 g/mol. The third kappa shape index (κ3) is 2.66. The molecule has 1 aromatic rings. The van der Waals surface area contributed by atoms with Gasteiger partial charge in [-0.05, 0) is 36.8 Å². The zero-order valence-electron chi connectivity index (χ0n) is 11.9. The predicted octanol–water partition coefficient (Wildman–Crippen LogP) is 2.51. The summed E-state index contributed by atoms with van der Waals surface area (Å²) in [6, 6.07) is 2.28. The second kappa shape index (κ2) is 5.70. The van der Waals surface area contributed by atoms with E-state index in [9.17, 15) is 0 Å². The summed E-state index contributed by atoms with van der Waals surface area (Å²) in [7, 11) is 2.13. The van der Waals surface area contributed by atoms with Crippen molar-refractivity contribution in [1.29, 1.82) is 0 Å². The Labute approximate surface area is 110 Å². The zero-order valence-corrected chi connectivity index (χ0v) is 11.9. The molecule has 0 bridgehead atoms. The quantitative estimate of drug-likeness (QED) is 0.869. The van der Waals surface area contributed by atoms with E-state index in [0.29, 0.717) is 12.5 Å². The maximum Gasteiger partial charge on any atom is 0.133 e. The standard InChI is InChI=1S/C15H25N3/c1-4-11(2)10-18(3)15-13(9-16)8-12-6-5-7-14(12)17-15/h8,11H,4-7,9-10,16H2,1-3H3. The predicted molar refractivity (Wildman–Crippen MR) is 76.9 cm³/mol. The van der Waals surface area contributed by atoms with Gasteiger partial charge in [0.15, 0.2) is 0 Å². The van der Waals surface area contributed by atoms with E-state index in [1.807, 2.05) is 0 Å². The van der Waals surface area contributed by atoms with Crippen LogP contribution < -0.4 is 10.6 Å². The van der Waals surface area contributed by atoms with Crippen molar-refractivity contribution in [2.24, 2.45) is 11.7 Å².